The van der Waals surface area contributed by atoms with E-state index in [-0.39, 0.29) is 0 Å². The van der Waals surface area contributed by atoms with E-state index in [1.165, 1.54) is 338 Å². The summed E-state index contributed by atoms with van der Waals surface area (Å²) < 4.78 is 0. The van der Waals surface area contributed by atoms with Crippen molar-refractivity contribution in [1.29, 1.82) is 0 Å². The van der Waals surface area contributed by atoms with Crippen molar-refractivity contribution in [2.45, 2.75) is 264 Å². The molecule has 0 N–H and O–H groups in total. The predicted molar refractivity (Wildman–Crippen MR) is 602 cm³/mol. The van der Waals surface area contributed by atoms with Gasteiger partial charge in [-0.2, -0.15) is 0 Å². The van der Waals surface area contributed by atoms with Crippen LogP contribution in [0, 0.1) is 107 Å². The molecule has 0 saturated heterocycles. The first-order chi connectivity index (χ1) is 71.3. The Morgan fingerprint density at radius 3 is 0.634 bits per heavy atom. The number of fused-ring (bicyclic) bond motifs is 1. The van der Waals surface area contributed by atoms with Crippen molar-refractivity contribution in [3.63, 3.8) is 0 Å². The van der Waals surface area contributed by atoms with E-state index in [4.69, 9.17) is 0 Å². The van der Waals surface area contributed by atoms with Gasteiger partial charge in [-0.25, -0.2) is 0 Å². The summed E-state index contributed by atoms with van der Waals surface area (Å²) in [5, 5.41) is 2.61. The molecule has 0 unspecified atom stereocenters. The Bertz CT molecular complexity index is 6570. The first kappa shape index (κ1) is 89.0. The summed E-state index contributed by atoms with van der Waals surface area (Å²) in [6.45, 7) is 0. The summed E-state index contributed by atoms with van der Waals surface area (Å²) in [6, 6.07) is 133. The molecule has 0 atom stereocenters. The molecule has 0 aliphatic heterocycles. The number of benzene rings is 14. The van der Waals surface area contributed by atoms with Gasteiger partial charge in [0.1, 0.15) is 0 Å². The second-order valence-electron chi connectivity index (χ2n) is 52.9. The van der Waals surface area contributed by atoms with E-state index >= 15 is 0 Å². The Balaban J connectivity index is 0.000000101. The molecule has 24 fully saturated rings. The van der Waals surface area contributed by atoms with Gasteiger partial charge >= 0.3 is 0 Å². The van der Waals surface area contributed by atoms with Crippen LogP contribution in [0.4, 0.5) is 51.2 Å². The Kier molecular flexibility index (Phi) is 21.6. The molecule has 24 bridgehead atoms. The third kappa shape index (κ3) is 16.0. The topological polar surface area (TPSA) is 9.72 Å². The zero-order chi connectivity index (χ0) is 95.3. The summed E-state index contributed by atoms with van der Waals surface area (Å²) >= 11 is 0. The fraction of sp³-hybridized carbons (Fsp3) is 0.423. The van der Waals surface area contributed by atoms with Gasteiger partial charge in [0.05, 0.1) is 5.69 Å². The molecular formula is C142H147N3. The molecule has 24 aliphatic rings. The molecule has 145 heavy (non-hydrogen) atoms. The number of para-hydroxylation sites is 1. The highest BCUT2D eigenvalue weighted by atomic mass is 15.2. The highest BCUT2D eigenvalue weighted by molar-refractivity contribution is 5.97. The molecule has 0 heterocycles. The third-order valence-corrected chi connectivity index (χ3v) is 43.5. The maximum atomic E-state index is 2.55. The van der Waals surface area contributed by atoms with Crippen LogP contribution >= 0.6 is 0 Å². The van der Waals surface area contributed by atoms with Gasteiger partial charge in [0.2, 0.25) is 0 Å². The van der Waals surface area contributed by atoms with E-state index in [9.17, 15) is 0 Å². The van der Waals surface area contributed by atoms with Gasteiger partial charge in [-0.15, -0.1) is 0 Å². The lowest BCUT2D eigenvalue weighted by Gasteiger charge is -2.57. The largest absolute Gasteiger partial charge is 0.311 e. The van der Waals surface area contributed by atoms with Crippen LogP contribution in [0.15, 0.2) is 346 Å². The lowest BCUT2D eigenvalue weighted by atomic mass is 9.48. The quantitative estimate of drug-likeness (QED) is 0.0799. The number of hydrogen-bond acceptors (Lipinski definition) is 3. The van der Waals surface area contributed by atoms with Crippen molar-refractivity contribution < 1.29 is 0 Å². The molecular weight excluding hydrogens is 1750 g/mol. The van der Waals surface area contributed by atoms with Crippen LogP contribution in [-0.2, 0) is 32.5 Å². The third-order valence-electron chi connectivity index (χ3n) is 43.5. The molecule has 730 valence electrons. The van der Waals surface area contributed by atoms with Crippen LogP contribution in [0.3, 0.4) is 0 Å². The van der Waals surface area contributed by atoms with Crippen LogP contribution in [0.5, 0.6) is 0 Å². The van der Waals surface area contributed by atoms with Gasteiger partial charge in [0, 0.05) is 51.1 Å². The van der Waals surface area contributed by atoms with E-state index in [2.05, 4.69) is 360 Å². The van der Waals surface area contributed by atoms with Gasteiger partial charge in [-0.05, 0) is 562 Å². The zero-order valence-electron chi connectivity index (χ0n) is 85.6. The minimum Gasteiger partial charge on any atom is -0.311 e. The van der Waals surface area contributed by atoms with Crippen molar-refractivity contribution in [1.82, 2.24) is 0 Å². The van der Waals surface area contributed by atoms with Crippen LogP contribution in [0.25, 0.3) is 55.3 Å². The molecule has 38 rings (SSSR count). The molecule has 0 amide bonds. The number of hydrogen-bond donors (Lipinski definition) is 0. The summed E-state index contributed by atoms with van der Waals surface area (Å²) in [6.07, 6.45) is 52.5. The first-order valence-corrected chi connectivity index (χ1v) is 58.3. The monoisotopic (exact) mass is 1890 g/mol. The Morgan fingerprint density at radius 2 is 0.352 bits per heavy atom. The van der Waals surface area contributed by atoms with Gasteiger partial charge in [-0.1, -0.05) is 237 Å². The van der Waals surface area contributed by atoms with Gasteiger partial charge in [-0.3, -0.25) is 0 Å². The van der Waals surface area contributed by atoms with Crippen LogP contribution in [0.2, 0.25) is 0 Å². The summed E-state index contributed by atoms with van der Waals surface area (Å²) in [7, 11) is 0. The number of nitrogens with zero attached hydrogens (tertiary/aromatic N) is 3. The van der Waals surface area contributed by atoms with Gasteiger partial charge in [0.25, 0.3) is 0 Å². The Hall–Kier alpha value is -11.3. The van der Waals surface area contributed by atoms with Crippen molar-refractivity contribution in [2.24, 2.45) is 107 Å². The van der Waals surface area contributed by atoms with Crippen LogP contribution < -0.4 is 14.7 Å². The molecule has 0 spiro atoms. The summed E-state index contributed by atoms with van der Waals surface area (Å²) in [5.41, 5.74) is 33.7. The van der Waals surface area contributed by atoms with Crippen molar-refractivity contribution >= 4 is 62.0 Å². The van der Waals surface area contributed by atoms with E-state index < -0.39 is 0 Å². The molecule has 24 saturated carbocycles. The average molecular weight is 1900 g/mol. The molecule has 3 nitrogen and oxygen atoms in total. The average Bonchev–Trinajstić information content (AvgIpc) is 0.745. The standard InChI is InChI=1S/C50H51N.C48H49N.C44H47N/c1-3-7-40(8-4-1)42-25-43(41-9-5-2-6-10-41)27-48(26-42)51(46-15-11-44(12-16-46)49-28-34-19-35(29-49)21-36(20-34)30-49)47-17-13-45(14-18-47)50-31-37-22-38(32-50)24-39(23-37)33-50;1-2-6-45-38(4-1)5-3-7-46(45)39-8-14-42(15-9-39)49(43-16-10-40(11-17-43)47-26-32-20-33(27-47)22-34(21-32)28-47)44-18-12-41(13-19-44)48-29-35-23-36(30-48)25-37(24-35)31-48;1-2-6-36(7-3-1)41-8-4-5-9-42(41)45(39-14-10-37(11-15-39)43-24-30-18-31(25-43)20-32(19-30)26-43)40-16-12-38(13-17-40)44-27-33-21-34(28-44)23-35(22-33)29-44/h1-18,25-27,34-39H,19-24,28-33H2;1-19,32-37H,20-31H2;1-17,30-35H,18-29H2. The Labute approximate surface area is 864 Å². The molecule has 3 heteroatoms. The first-order valence-electron chi connectivity index (χ1n) is 58.3. The molecule has 14 aromatic carbocycles. The second-order valence-corrected chi connectivity index (χ2v) is 52.9. The Morgan fingerprint density at radius 1 is 0.145 bits per heavy atom. The minimum atomic E-state index is 0.408. The fourth-order valence-corrected chi connectivity index (χ4v) is 40.0. The predicted octanol–water partition coefficient (Wildman–Crippen LogP) is 38.1. The van der Waals surface area contributed by atoms with Crippen LogP contribution in [-0.4, -0.2) is 0 Å². The zero-order valence-corrected chi connectivity index (χ0v) is 85.6. The molecule has 0 aromatic heterocycles. The van der Waals surface area contributed by atoms with Crippen molar-refractivity contribution in [3.05, 3.63) is 379 Å². The van der Waals surface area contributed by atoms with Crippen molar-refractivity contribution in [2.75, 3.05) is 14.7 Å². The van der Waals surface area contributed by atoms with Crippen LogP contribution in [0.1, 0.15) is 265 Å². The maximum Gasteiger partial charge on any atom is 0.0540 e. The molecule has 24 aliphatic carbocycles. The fourth-order valence-electron chi connectivity index (χ4n) is 40.0. The van der Waals surface area contributed by atoms with E-state index in [1.807, 2.05) is 0 Å². The molecule has 0 radical (unpaired) electrons. The maximum absolute atomic E-state index is 2.55. The van der Waals surface area contributed by atoms with E-state index in [0.29, 0.717) is 32.5 Å². The minimum absolute atomic E-state index is 0.408. The number of rotatable bonds is 19. The summed E-state index contributed by atoms with van der Waals surface area (Å²) in [5.74, 6) is 17.4. The molecule has 14 aromatic rings. The van der Waals surface area contributed by atoms with Gasteiger partial charge in [0.15, 0.2) is 0 Å². The SMILES string of the molecule is c1ccc(-c2cc(-c3ccccc3)cc(N(c3ccc(C45CC6CC(CC(C6)C4)C5)cc3)c3ccc(C45CC6CC(CC(C6)C4)C5)cc3)c2)cc1.c1ccc(-c2ccccc2N(c2ccc(C34CC5CC(CC(C5)C3)C4)cc2)c2ccc(C34CC5CC(CC(C5)C3)C4)cc2)cc1.c1ccc2c(-c3ccc(N(c4ccc(C56CC7CC(CC(C7)C5)C6)cc4)c4ccc(C56CC7CC(CC(C7)C5)C6)cc4)cc3)cccc2c1. The lowest BCUT2D eigenvalue weighted by Crippen LogP contribution is -2.48. The lowest BCUT2D eigenvalue weighted by molar-refractivity contribution is -0.00531. The number of anilines is 9. The van der Waals surface area contributed by atoms with E-state index in [1.54, 1.807) is 33.4 Å². The van der Waals surface area contributed by atoms with Crippen molar-refractivity contribution in [3.8, 4) is 44.5 Å². The normalized spacial score (nSPS) is 33.9. The highest BCUT2D eigenvalue weighted by Crippen LogP contribution is 2.69. The summed E-state index contributed by atoms with van der Waals surface area (Å²) in [4.78, 5) is 7.60. The smallest absolute Gasteiger partial charge is 0.0540 e. The highest BCUT2D eigenvalue weighted by Gasteiger charge is 2.58. The van der Waals surface area contributed by atoms with E-state index in [0.717, 1.165) is 107 Å². The second kappa shape index (κ2) is 35.2. The van der Waals surface area contributed by atoms with Gasteiger partial charge < -0.3 is 14.7 Å².